The van der Waals surface area contributed by atoms with Crippen molar-refractivity contribution in [3.05, 3.63) is 70.5 Å². The number of hydrogen-bond acceptors (Lipinski definition) is 4. The van der Waals surface area contributed by atoms with E-state index in [0.717, 1.165) is 43.6 Å². The summed E-state index contributed by atoms with van der Waals surface area (Å²) >= 11 is 0. The van der Waals surface area contributed by atoms with Crippen LogP contribution in [-0.4, -0.2) is 55.1 Å². The molecule has 2 aromatic rings. The van der Waals surface area contributed by atoms with Gasteiger partial charge in [0.15, 0.2) is 0 Å². The smallest absolute Gasteiger partial charge is 0.123 e. The van der Waals surface area contributed by atoms with Crippen molar-refractivity contribution >= 4 is 0 Å². The third kappa shape index (κ3) is 3.37. The van der Waals surface area contributed by atoms with Gasteiger partial charge < -0.3 is 14.6 Å². The molecule has 0 radical (unpaired) electrons. The van der Waals surface area contributed by atoms with E-state index in [1.165, 1.54) is 11.1 Å². The Morgan fingerprint density at radius 3 is 2.82 bits per heavy atom. The predicted octanol–water partition coefficient (Wildman–Crippen LogP) is 3.04. The summed E-state index contributed by atoms with van der Waals surface area (Å²) in [7, 11) is 0. The van der Waals surface area contributed by atoms with Crippen molar-refractivity contribution < 1.29 is 19.0 Å². The van der Waals surface area contributed by atoms with Gasteiger partial charge in [-0.25, -0.2) is 4.39 Å². The first-order valence-electron chi connectivity index (χ1n) is 10.2. The Morgan fingerprint density at radius 1 is 1.07 bits per heavy atom. The van der Waals surface area contributed by atoms with Crippen molar-refractivity contribution in [1.82, 2.24) is 4.90 Å². The number of aliphatic hydroxyl groups is 1. The lowest BCUT2D eigenvalue weighted by molar-refractivity contribution is -0.0678. The van der Waals surface area contributed by atoms with E-state index in [0.29, 0.717) is 6.61 Å². The molecule has 2 fully saturated rings. The van der Waals surface area contributed by atoms with Gasteiger partial charge in [0.1, 0.15) is 5.82 Å². The second-order valence-corrected chi connectivity index (χ2v) is 8.17. The first-order valence-corrected chi connectivity index (χ1v) is 10.2. The first kappa shape index (κ1) is 18.3. The molecule has 28 heavy (non-hydrogen) atoms. The Hall–Kier alpha value is -1.79. The van der Waals surface area contributed by atoms with Crippen LogP contribution in [0.5, 0.6) is 0 Å². The number of aliphatic hydroxyl groups excluding tert-OH is 1. The van der Waals surface area contributed by atoms with Gasteiger partial charge in [0.25, 0.3) is 0 Å². The van der Waals surface area contributed by atoms with Crippen molar-refractivity contribution in [3.8, 4) is 0 Å². The average molecular weight is 383 g/mol. The molecule has 0 bridgehead atoms. The number of halogens is 1. The third-order valence-corrected chi connectivity index (χ3v) is 6.36. The van der Waals surface area contributed by atoms with Crippen LogP contribution < -0.4 is 0 Å². The summed E-state index contributed by atoms with van der Waals surface area (Å²) in [5.74, 6) is 0.0494. The van der Waals surface area contributed by atoms with Gasteiger partial charge >= 0.3 is 0 Å². The van der Waals surface area contributed by atoms with E-state index in [1.54, 1.807) is 12.1 Å². The highest BCUT2D eigenvalue weighted by atomic mass is 19.1. The highest BCUT2D eigenvalue weighted by Gasteiger charge is 2.41. The molecular weight excluding hydrogens is 357 g/mol. The van der Waals surface area contributed by atoms with Crippen LogP contribution in [0.25, 0.3) is 0 Å². The first-order chi connectivity index (χ1) is 13.7. The molecule has 0 saturated carbocycles. The largest absolute Gasteiger partial charge is 0.394 e. The minimum absolute atomic E-state index is 0.0489. The molecule has 2 aliphatic heterocycles. The fraction of sp³-hybridized carbons (Fsp3) is 0.478. The highest BCUT2D eigenvalue weighted by molar-refractivity contribution is 5.45. The zero-order valence-corrected chi connectivity index (χ0v) is 15.9. The molecule has 0 amide bonds. The van der Waals surface area contributed by atoms with Crippen LogP contribution in [0.2, 0.25) is 0 Å². The van der Waals surface area contributed by atoms with Crippen LogP contribution in [0.15, 0.2) is 42.5 Å². The van der Waals surface area contributed by atoms with Crippen LogP contribution in [-0.2, 0) is 15.9 Å². The summed E-state index contributed by atoms with van der Waals surface area (Å²) < 4.78 is 26.2. The molecule has 5 heteroatoms. The lowest BCUT2D eigenvalue weighted by Crippen LogP contribution is -2.46. The molecule has 2 aromatic carbocycles. The number of ether oxygens (including phenoxy) is 2. The molecule has 0 spiro atoms. The molecule has 2 heterocycles. The third-order valence-electron chi connectivity index (χ3n) is 6.36. The summed E-state index contributed by atoms with van der Waals surface area (Å²) in [5.41, 5.74) is 4.81. The number of hydrogen-bond donors (Lipinski definition) is 1. The Balaban J connectivity index is 1.43. The van der Waals surface area contributed by atoms with Crippen LogP contribution in [0.4, 0.5) is 4.39 Å². The summed E-state index contributed by atoms with van der Waals surface area (Å²) in [6.45, 7) is 3.09. The van der Waals surface area contributed by atoms with E-state index in [-0.39, 0.29) is 36.7 Å². The number of benzene rings is 2. The highest BCUT2D eigenvalue weighted by Crippen LogP contribution is 2.49. The van der Waals surface area contributed by atoms with Crippen molar-refractivity contribution in [1.29, 1.82) is 0 Å². The Morgan fingerprint density at radius 2 is 1.93 bits per heavy atom. The van der Waals surface area contributed by atoms with Gasteiger partial charge in [-0.2, -0.15) is 0 Å². The van der Waals surface area contributed by atoms with Gasteiger partial charge in [0, 0.05) is 25.6 Å². The Bertz CT molecular complexity index is 857. The number of morpholine rings is 1. The molecule has 5 rings (SSSR count). The summed E-state index contributed by atoms with van der Waals surface area (Å²) in [6, 6.07) is 13.7. The van der Waals surface area contributed by atoms with Gasteiger partial charge in [-0.1, -0.05) is 30.3 Å². The quantitative estimate of drug-likeness (QED) is 0.885. The van der Waals surface area contributed by atoms with Crippen LogP contribution >= 0.6 is 0 Å². The SMILES string of the molecule is OCC1CN(CC2CC3c4ccccc4Cc4ccc(F)cc4C3O2)CCO1. The molecule has 2 saturated heterocycles. The average Bonchev–Trinajstić information content (AvgIpc) is 3.08. The fourth-order valence-electron chi connectivity index (χ4n) is 5.06. The Kier molecular flexibility index (Phi) is 4.93. The monoisotopic (exact) mass is 383 g/mol. The van der Waals surface area contributed by atoms with E-state index in [4.69, 9.17) is 9.47 Å². The maximum absolute atomic E-state index is 14.1. The molecule has 4 nitrogen and oxygen atoms in total. The number of fused-ring (bicyclic) bond motifs is 5. The van der Waals surface area contributed by atoms with Gasteiger partial charge in [-0.15, -0.1) is 0 Å². The van der Waals surface area contributed by atoms with Crippen molar-refractivity contribution in [2.45, 2.75) is 37.1 Å². The van der Waals surface area contributed by atoms with E-state index < -0.39 is 0 Å². The van der Waals surface area contributed by atoms with E-state index in [1.807, 2.05) is 6.07 Å². The van der Waals surface area contributed by atoms with Crippen molar-refractivity contribution in [3.63, 3.8) is 0 Å². The molecular formula is C23H26FNO3. The minimum atomic E-state index is -0.200. The molecule has 4 unspecified atom stereocenters. The van der Waals surface area contributed by atoms with Gasteiger partial charge in [0.2, 0.25) is 0 Å². The molecule has 3 aliphatic rings. The van der Waals surface area contributed by atoms with Crippen molar-refractivity contribution in [2.75, 3.05) is 32.8 Å². The second kappa shape index (κ2) is 7.56. The van der Waals surface area contributed by atoms with Gasteiger partial charge in [-0.05, 0) is 47.2 Å². The normalized spacial score (nSPS) is 29.6. The topological polar surface area (TPSA) is 41.9 Å². The summed E-state index contributed by atoms with van der Waals surface area (Å²) in [4.78, 5) is 2.32. The maximum Gasteiger partial charge on any atom is 0.123 e. The molecule has 148 valence electrons. The minimum Gasteiger partial charge on any atom is -0.394 e. The zero-order chi connectivity index (χ0) is 19.1. The van der Waals surface area contributed by atoms with Gasteiger partial charge in [-0.3, -0.25) is 4.90 Å². The van der Waals surface area contributed by atoms with Crippen LogP contribution in [0, 0.1) is 5.82 Å². The predicted molar refractivity (Wildman–Crippen MR) is 104 cm³/mol. The summed E-state index contributed by atoms with van der Waals surface area (Å²) in [5, 5.41) is 9.40. The van der Waals surface area contributed by atoms with E-state index >= 15 is 0 Å². The van der Waals surface area contributed by atoms with E-state index in [9.17, 15) is 9.50 Å². The molecule has 1 aliphatic carbocycles. The standard InChI is InChI=1S/C23H26FNO3/c24-17-6-5-16-9-15-3-1-2-4-20(15)22-11-18(28-23(22)21(16)10-17)12-25-7-8-27-19(13-25)14-26/h1-6,10,18-19,22-23,26H,7-9,11-14H2. The zero-order valence-electron chi connectivity index (χ0n) is 15.9. The maximum atomic E-state index is 14.1. The Labute approximate surface area is 164 Å². The lowest BCUT2D eigenvalue weighted by atomic mass is 9.87. The number of rotatable bonds is 3. The lowest BCUT2D eigenvalue weighted by Gasteiger charge is -2.33. The van der Waals surface area contributed by atoms with Crippen LogP contribution in [0.3, 0.4) is 0 Å². The molecule has 1 N–H and O–H groups in total. The second-order valence-electron chi connectivity index (χ2n) is 8.17. The van der Waals surface area contributed by atoms with Crippen LogP contribution in [0.1, 0.15) is 40.7 Å². The number of nitrogens with zero attached hydrogens (tertiary/aromatic N) is 1. The molecule has 0 aromatic heterocycles. The molecule has 4 atom stereocenters. The summed E-state index contributed by atoms with van der Waals surface area (Å²) in [6.07, 6.45) is 1.63. The van der Waals surface area contributed by atoms with Gasteiger partial charge in [0.05, 0.1) is 31.5 Å². The van der Waals surface area contributed by atoms with E-state index in [2.05, 4.69) is 29.2 Å². The fourth-order valence-corrected chi connectivity index (χ4v) is 5.06. The van der Waals surface area contributed by atoms with Crippen molar-refractivity contribution in [2.24, 2.45) is 0 Å².